The molecule has 0 radical (unpaired) electrons. The van der Waals surface area contributed by atoms with Crippen molar-refractivity contribution in [3.05, 3.63) is 69.3 Å². The standard InChI is InChI=1S/C17H11Cl3N2O2/c1-21(10-6-3-2-4-7-10)15-14(20)16(23)22(17(15)24)12-9-5-8-11(18)13(12)19/h2-9H,1H3. The number of para-hydroxylation sites is 1. The summed E-state index contributed by atoms with van der Waals surface area (Å²) in [5, 5.41) is 0.201. The van der Waals surface area contributed by atoms with Gasteiger partial charge in [0.15, 0.2) is 0 Å². The minimum atomic E-state index is -0.636. The molecule has 2 amide bonds. The number of carbonyl (C=O) groups excluding carboxylic acids is 2. The van der Waals surface area contributed by atoms with Gasteiger partial charge in [-0.1, -0.05) is 59.1 Å². The molecule has 1 heterocycles. The Bertz CT molecular complexity index is 865. The summed E-state index contributed by atoms with van der Waals surface area (Å²) >= 11 is 18.3. The molecule has 0 N–H and O–H groups in total. The second-order valence-corrected chi connectivity index (χ2v) is 6.24. The number of amides is 2. The maximum Gasteiger partial charge on any atom is 0.283 e. The van der Waals surface area contributed by atoms with Crippen molar-refractivity contribution in [1.82, 2.24) is 0 Å². The third-order valence-electron chi connectivity index (χ3n) is 3.66. The number of hydrogen-bond donors (Lipinski definition) is 0. The van der Waals surface area contributed by atoms with Crippen LogP contribution in [-0.2, 0) is 9.59 Å². The monoisotopic (exact) mass is 380 g/mol. The van der Waals surface area contributed by atoms with Gasteiger partial charge >= 0.3 is 0 Å². The summed E-state index contributed by atoms with van der Waals surface area (Å²) in [5.41, 5.74) is 1.02. The van der Waals surface area contributed by atoms with E-state index in [0.29, 0.717) is 0 Å². The first kappa shape index (κ1) is 16.8. The van der Waals surface area contributed by atoms with Crippen LogP contribution in [0.1, 0.15) is 0 Å². The maximum absolute atomic E-state index is 12.8. The molecule has 7 heteroatoms. The van der Waals surface area contributed by atoms with Gasteiger partial charge in [-0.2, -0.15) is 0 Å². The number of rotatable bonds is 3. The molecule has 4 nitrogen and oxygen atoms in total. The van der Waals surface area contributed by atoms with Crippen LogP contribution < -0.4 is 9.80 Å². The van der Waals surface area contributed by atoms with Crippen molar-refractivity contribution < 1.29 is 9.59 Å². The zero-order valence-corrected chi connectivity index (χ0v) is 14.7. The first-order chi connectivity index (χ1) is 11.4. The van der Waals surface area contributed by atoms with Crippen LogP contribution in [0.3, 0.4) is 0 Å². The zero-order valence-electron chi connectivity index (χ0n) is 12.5. The van der Waals surface area contributed by atoms with E-state index >= 15 is 0 Å². The van der Waals surface area contributed by atoms with Gasteiger partial charge in [-0.05, 0) is 24.3 Å². The molecule has 0 atom stereocenters. The van der Waals surface area contributed by atoms with Crippen molar-refractivity contribution in [2.24, 2.45) is 0 Å². The van der Waals surface area contributed by atoms with Gasteiger partial charge in [-0.3, -0.25) is 9.59 Å². The van der Waals surface area contributed by atoms with Gasteiger partial charge in [-0.15, -0.1) is 0 Å². The van der Waals surface area contributed by atoms with Gasteiger partial charge in [0.2, 0.25) is 0 Å². The Morgan fingerprint density at radius 1 is 0.875 bits per heavy atom. The molecule has 1 aliphatic heterocycles. The van der Waals surface area contributed by atoms with Gasteiger partial charge in [0.1, 0.15) is 10.7 Å². The molecule has 0 bridgehead atoms. The number of benzene rings is 2. The van der Waals surface area contributed by atoms with E-state index in [9.17, 15) is 9.59 Å². The third kappa shape index (κ3) is 2.67. The Hall–Kier alpha value is -2.01. The predicted molar refractivity (Wildman–Crippen MR) is 96.7 cm³/mol. The SMILES string of the molecule is CN(C1=C(Cl)C(=O)N(c2cccc(Cl)c2Cl)C1=O)c1ccccc1. The smallest absolute Gasteiger partial charge is 0.283 e. The fourth-order valence-electron chi connectivity index (χ4n) is 2.45. The van der Waals surface area contributed by atoms with Crippen LogP contribution in [0.4, 0.5) is 11.4 Å². The fourth-order valence-corrected chi connectivity index (χ4v) is 3.12. The lowest BCUT2D eigenvalue weighted by molar-refractivity contribution is -0.120. The zero-order chi connectivity index (χ0) is 17.4. The van der Waals surface area contributed by atoms with Crippen molar-refractivity contribution in [2.75, 3.05) is 16.8 Å². The van der Waals surface area contributed by atoms with Crippen LogP contribution in [0.25, 0.3) is 0 Å². The topological polar surface area (TPSA) is 40.6 Å². The van der Waals surface area contributed by atoms with Crippen molar-refractivity contribution in [1.29, 1.82) is 0 Å². The van der Waals surface area contributed by atoms with Gasteiger partial charge < -0.3 is 4.90 Å². The number of nitrogens with zero attached hydrogens (tertiary/aromatic N) is 2. The third-order valence-corrected chi connectivity index (χ3v) is 4.81. The normalized spacial score (nSPS) is 14.6. The highest BCUT2D eigenvalue weighted by Gasteiger charge is 2.41. The molecule has 0 aliphatic carbocycles. The Balaban J connectivity index is 2.04. The Morgan fingerprint density at radius 2 is 1.54 bits per heavy atom. The molecular formula is C17H11Cl3N2O2. The van der Waals surface area contributed by atoms with E-state index in [1.54, 1.807) is 30.1 Å². The summed E-state index contributed by atoms with van der Waals surface area (Å²) in [5.74, 6) is -1.19. The molecule has 24 heavy (non-hydrogen) atoms. The van der Waals surface area contributed by atoms with E-state index in [2.05, 4.69) is 0 Å². The summed E-state index contributed by atoms with van der Waals surface area (Å²) in [4.78, 5) is 27.8. The van der Waals surface area contributed by atoms with Crippen LogP contribution in [0.2, 0.25) is 10.0 Å². The Kier molecular flexibility index (Phi) is 4.54. The lowest BCUT2D eigenvalue weighted by atomic mass is 10.2. The molecule has 3 rings (SSSR count). The van der Waals surface area contributed by atoms with Gasteiger partial charge in [0.05, 0.1) is 15.7 Å². The Morgan fingerprint density at radius 3 is 2.21 bits per heavy atom. The summed E-state index contributed by atoms with van der Waals surface area (Å²) in [6.45, 7) is 0. The summed E-state index contributed by atoms with van der Waals surface area (Å²) in [6.07, 6.45) is 0. The highest BCUT2D eigenvalue weighted by atomic mass is 35.5. The lowest BCUT2D eigenvalue weighted by Gasteiger charge is -2.21. The van der Waals surface area contributed by atoms with E-state index in [-0.39, 0.29) is 26.5 Å². The van der Waals surface area contributed by atoms with Crippen LogP contribution >= 0.6 is 34.8 Å². The van der Waals surface area contributed by atoms with E-state index < -0.39 is 11.8 Å². The largest absolute Gasteiger partial charge is 0.339 e. The van der Waals surface area contributed by atoms with Crippen LogP contribution in [0.15, 0.2) is 59.3 Å². The van der Waals surface area contributed by atoms with Gasteiger partial charge in [0.25, 0.3) is 11.8 Å². The number of anilines is 2. The minimum Gasteiger partial charge on any atom is -0.339 e. The van der Waals surface area contributed by atoms with Crippen LogP contribution in [0.5, 0.6) is 0 Å². The van der Waals surface area contributed by atoms with Gasteiger partial charge in [-0.25, -0.2) is 4.90 Å². The first-order valence-electron chi connectivity index (χ1n) is 6.95. The quantitative estimate of drug-likeness (QED) is 0.737. The van der Waals surface area contributed by atoms with Gasteiger partial charge in [0, 0.05) is 12.7 Å². The molecule has 0 fully saturated rings. The summed E-state index contributed by atoms with van der Waals surface area (Å²) < 4.78 is 0. The van der Waals surface area contributed by atoms with E-state index in [1.165, 1.54) is 0 Å². The van der Waals surface area contributed by atoms with Crippen LogP contribution in [0, 0.1) is 0 Å². The average Bonchev–Trinajstić information content (AvgIpc) is 2.80. The molecule has 0 saturated heterocycles. The first-order valence-corrected chi connectivity index (χ1v) is 8.08. The number of carbonyl (C=O) groups is 2. The molecule has 2 aromatic carbocycles. The van der Waals surface area contributed by atoms with E-state index in [1.807, 2.05) is 30.3 Å². The van der Waals surface area contributed by atoms with E-state index in [4.69, 9.17) is 34.8 Å². The highest BCUT2D eigenvalue weighted by Crippen LogP contribution is 2.38. The molecule has 122 valence electrons. The molecule has 0 spiro atoms. The molecule has 2 aromatic rings. The molecule has 1 aliphatic rings. The molecule has 0 unspecified atom stereocenters. The van der Waals surface area contributed by atoms with Crippen molar-refractivity contribution in [3.63, 3.8) is 0 Å². The highest BCUT2D eigenvalue weighted by molar-refractivity contribution is 6.54. The second kappa shape index (κ2) is 6.48. The summed E-state index contributed by atoms with van der Waals surface area (Å²) in [7, 11) is 1.67. The molecule has 0 saturated carbocycles. The fraction of sp³-hybridized carbons (Fsp3) is 0.0588. The number of likely N-dealkylation sites (N-methyl/N-ethyl adjacent to an activating group) is 1. The maximum atomic E-state index is 12.8. The average molecular weight is 382 g/mol. The minimum absolute atomic E-state index is 0.0870. The second-order valence-electron chi connectivity index (χ2n) is 5.08. The molecular weight excluding hydrogens is 371 g/mol. The van der Waals surface area contributed by atoms with E-state index in [0.717, 1.165) is 10.6 Å². The predicted octanol–water partition coefficient (Wildman–Crippen LogP) is 4.45. The number of hydrogen-bond acceptors (Lipinski definition) is 3. The lowest BCUT2D eigenvalue weighted by Crippen LogP contribution is -2.34. The van der Waals surface area contributed by atoms with Crippen molar-refractivity contribution in [3.8, 4) is 0 Å². The number of halogens is 3. The molecule has 0 aromatic heterocycles. The van der Waals surface area contributed by atoms with Crippen LogP contribution in [-0.4, -0.2) is 18.9 Å². The van der Waals surface area contributed by atoms with Crippen molar-refractivity contribution in [2.45, 2.75) is 0 Å². The van der Waals surface area contributed by atoms with Crippen molar-refractivity contribution >= 4 is 58.0 Å². The Labute approximate surface area is 153 Å². The number of imide groups is 1. The summed E-state index contributed by atoms with van der Waals surface area (Å²) in [6, 6.07) is 13.8.